The molecule has 5 aromatic rings. The number of carbonyl (C=O) groups excluding carboxylic acids is 1. The number of amides is 2. The molecule has 1 saturated heterocycles. The van der Waals surface area contributed by atoms with E-state index in [0.717, 1.165) is 107 Å². The average Bonchev–Trinajstić information content (AvgIpc) is 3.88. The van der Waals surface area contributed by atoms with Crippen LogP contribution in [0.25, 0.3) is 44.5 Å². The lowest BCUT2D eigenvalue weighted by Crippen LogP contribution is -2.40. The molecule has 2 fully saturated rings. The van der Waals surface area contributed by atoms with Crippen molar-refractivity contribution in [1.82, 2.24) is 30.2 Å². The number of carboxylic acid groups (broad SMARTS) is 1. The van der Waals surface area contributed by atoms with Gasteiger partial charge in [0.2, 0.25) is 0 Å². The molecule has 2 aromatic heterocycles. The van der Waals surface area contributed by atoms with Crippen molar-refractivity contribution in [1.29, 1.82) is 0 Å². The van der Waals surface area contributed by atoms with Crippen LogP contribution in [-0.2, 0) is 17.6 Å². The van der Waals surface area contributed by atoms with Crippen LogP contribution >= 0.6 is 0 Å². The lowest BCUT2D eigenvalue weighted by Gasteiger charge is -2.24. The molecule has 3 aromatic carbocycles. The van der Waals surface area contributed by atoms with E-state index in [4.69, 9.17) is 14.7 Å². The minimum absolute atomic E-state index is 0.00785. The number of aromatic amines is 2. The number of hydrogen-bond donors (Lipinski definition) is 4. The zero-order valence-corrected chi connectivity index (χ0v) is 28.2. The third-order valence-electron chi connectivity index (χ3n) is 10.2. The summed E-state index contributed by atoms with van der Waals surface area (Å²) in [5.74, 6) is 1.79. The van der Waals surface area contributed by atoms with Crippen molar-refractivity contribution in [3.8, 4) is 33.5 Å². The molecule has 2 aliphatic carbocycles. The van der Waals surface area contributed by atoms with E-state index < -0.39 is 11.7 Å². The minimum Gasteiger partial charge on any atom is -0.465 e. The maximum atomic E-state index is 12.5. The van der Waals surface area contributed by atoms with Crippen LogP contribution in [0.2, 0.25) is 0 Å². The summed E-state index contributed by atoms with van der Waals surface area (Å²) in [5.41, 5.74) is 10.4. The van der Waals surface area contributed by atoms with Gasteiger partial charge in [-0.05, 0) is 99.2 Å². The monoisotopic (exact) mass is 658 g/mol. The molecule has 0 spiro atoms. The van der Waals surface area contributed by atoms with Crippen LogP contribution in [0.4, 0.5) is 9.59 Å². The maximum absolute atomic E-state index is 12.5. The molecule has 8 rings (SSSR count). The highest BCUT2D eigenvalue weighted by Gasteiger charge is 2.35. The molecule has 4 N–H and O–H groups in total. The van der Waals surface area contributed by atoms with Crippen LogP contribution in [0.1, 0.15) is 87.7 Å². The Morgan fingerprint density at radius 3 is 2.35 bits per heavy atom. The Balaban J connectivity index is 0.986. The first-order valence-electron chi connectivity index (χ1n) is 17.4. The van der Waals surface area contributed by atoms with Crippen LogP contribution in [0.15, 0.2) is 60.7 Å². The lowest BCUT2D eigenvalue weighted by atomic mass is 9.89. The maximum Gasteiger partial charge on any atom is 0.407 e. The summed E-state index contributed by atoms with van der Waals surface area (Å²) < 4.78 is 5.51. The highest BCUT2D eigenvalue weighted by Crippen LogP contribution is 2.39. The first kappa shape index (κ1) is 31.2. The fourth-order valence-electron chi connectivity index (χ4n) is 7.90. The number of carbonyl (C=O) groups is 2. The molecule has 1 unspecified atom stereocenters. The Hall–Kier alpha value is -5.12. The van der Waals surface area contributed by atoms with Gasteiger partial charge in [-0.1, -0.05) is 55.0 Å². The molecule has 252 valence electrons. The predicted octanol–water partition coefficient (Wildman–Crippen LogP) is 8.36. The number of imidazole rings is 2. The van der Waals surface area contributed by atoms with Crippen LogP contribution < -0.4 is 5.32 Å². The van der Waals surface area contributed by atoms with E-state index in [9.17, 15) is 14.7 Å². The molecule has 3 heterocycles. The van der Waals surface area contributed by atoms with Crippen LogP contribution in [0.3, 0.4) is 0 Å². The van der Waals surface area contributed by atoms with E-state index >= 15 is 0 Å². The van der Waals surface area contributed by atoms with Crippen LogP contribution in [0.5, 0.6) is 0 Å². The summed E-state index contributed by atoms with van der Waals surface area (Å²) in [6.45, 7) is 6.18. The number of nitrogens with one attached hydrogen (secondary N) is 3. The molecule has 1 saturated carbocycles. The summed E-state index contributed by atoms with van der Waals surface area (Å²) in [6, 6.07) is 21.4. The molecule has 3 aliphatic rings. The minimum atomic E-state index is -0.882. The average molecular weight is 659 g/mol. The van der Waals surface area contributed by atoms with Crippen molar-refractivity contribution >= 4 is 23.2 Å². The Bertz CT molecular complexity index is 2060. The quantitative estimate of drug-likeness (QED) is 0.150. The molecule has 0 bridgehead atoms. The van der Waals surface area contributed by atoms with Gasteiger partial charge in [-0.15, -0.1) is 0 Å². The van der Waals surface area contributed by atoms with Gasteiger partial charge in [0.1, 0.15) is 17.2 Å². The Kier molecular flexibility index (Phi) is 7.69. The second-order valence-corrected chi connectivity index (χ2v) is 14.7. The number of rotatable bonds is 5. The summed E-state index contributed by atoms with van der Waals surface area (Å²) in [4.78, 5) is 42.6. The normalized spacial score (nSPS) is 20.3. The van der Waals surface area contributed by atoms with Crippen molar-refractivity contribution < 1.29 is 19.4 Å². The second-order valence-electron chi connectivity index (χ2n) is 14.7. The number of ether oxygens (including phenoxy) is 1. The van der Waals surface area contributed by atoms with E-state index in [-0.39, 0.29) is 24.1 Å². The predicted molar refractivity (Wildman–Crippen MR) is 188 cm³/mol. The lowest BCUT2D eigenvalue weighted by molar-refractivity contribution is 0.0500. The molecule has 10 heteroatoms. The van der Waals surface area contributed by atoms with Gasteiger partial charge in [-0.3, -0.25) is 4.90 Å². The number of likely N-dealkylation sites (tertiary alicyclic amines) is 1. The third kappa shape index (κ3) is 6.04. The molecule has 10 nitrogen and oxygen atoms in total. The first-order valence-corrected chi connectivity index (χ1v) is 17.4. The molecule has 3 atom stereocenters. The summed E-state index contributed by atoms with van der Waals surface area (Å²) in [7, 11) is 0. The Morgan fingerprint density at radius 1 is 0.857 bits per heavy atom. The molecular formula is C39H42N6O4. The summed E-state index contributed by atoms with van der Waals surface area (Å²) in [6.07, 6.45) is 5.07. The topological polar surface area (TPSA) is 136 Å². The molecule has 49 heavy (non-hydrogen) atoms. The summed E-state index contributed by atoms with van der Waals surface area (Å²) in [5, 5.41) is 12.7. The summed E-state index contributed by atoms with van der Waals surface area (Å²) >= 11 is 0. The number of benzene rings is 3. The Morgan fingerprint density at radius 2 is 1.59 bits per heavy atom. The number of H-pyrrole nitrogens is 2. The van der Waals surface area contributed by atoms with Crippen molar-refractivity contribution in [2.75, 3.05) is 6.54 Å². The highest BCUT2D eigenvalue weighted by molar-refractivity contribution is 5.83. The molecular weight excluding hydrogens is 616 g/mol. The van der Waals surface area contributed by atoms with Gasteiger partial charge in [0.05, 0.1) is 22.8 Å². The molecule has 1 aliphatic heterocycles. The standard InChI is InChI=1S/C39H42N6O4/c1-39(2,3)49-37(46)43-29-7-4-6-28(29)35-40-30-17-14-25(21-32(30)42-35)23-11-9-22(10-12-23)24-13-16-27-26(20-24)15-18-31-34(27)44-36(41-31)33-8-5-19-45(33)38(47)48/h9-14,16-17,20-21,28-29,33H,4-8,15,18-19H2,1-3H3,(H,40,42)(H,41,44)(H,43,46)(H,47,48)/t28-,29+,33?/m1/s1. The molecule has 2 amide bonds. The Labute approximate surface area is 285 Å². The first-order chi connectivity index (χ1) is 23.6. The molecule has 0 radical (unpaired) electrons. The smallest absolute Gasteiger partial charge is 0.407 e. The van der Waals surface area contributed by atoms with Crippen LogP contribution in [-0.4, -0.2) is 60.3 Å². The van der Waals surface area contributed by atoms with E-state index in [1.165, 1.54) is 10.5 Å². The zero-order chi connectivity index (χ0) is 33.9. The van der Waals surface area contributed by atoms with Crippen LogP contribution in [0, 0.1) is 0 Å². The van der Waals surface area contributed by atoms with Gasteiger partial charge in [0, 0.05) is 29.8 Å². The fourth-order valence-corrected chi connectivity index (χ4v) is 7.90. The third-order valence-corrected chi connectivity index (χ3v) is 10.2. The number of aromatic nitrogens is 4. The van der Waals surface area contributed by atoms with E-state index in [1.54, 1.807) is 0 Å². The van der Waals surface area contributed by atoms with Crippen molar-refractivity contribution in [2.24, 2.45) is 0 Å². The van der Waals surface area contributed by atoms with Gasteiger partial charge in [0.15, 0.2) is 0 Å². The van der Waals surface area contributed by atoms with E-state index in [0.29, 0.717) is 6.54 Å². The van der Waals surface area contributed by atoms with Gasteiger partial charge >= 0.3 is 12.2 Å². The largest absolute Gasteiger partial charge is 0.465 e. The number of alkyl carbamates (subject to hydrolysis) is 1. The number of fused-ring (bicyclic) bond motifs is 4. The SMILES string of the molecule is CC(C)(C)OC(=O)N[C@H]1CCC[C@H]1c1nc2ccc(-c3ccc(-c4ccc5c(c4)CCc4[nH]c(C6CCCN6C(=O)O)nc4-5)cc3)cc2[nH]1. The van der Waals surface area contributed by atoms with Gasteiger partial charge in [0.25, 0.3) is 0 Å². The fraction of sp³-hybridized carbons (Fsp3) is 0.385. The highest BCUT2D eigenvalue weighted by atomic mass is 16.6. The zero-order valence-electron chi connectivity index (χ0n) is 28.2. The van der Waals surface area contributed by atoms with Gasteiger partial charge < -0.3 is 25.1 Å². The van der Waals surface area contributed by atoms with Crippen molar-refractivity contribution in [2.45, 2.75) is 89.3 Å². The number of hydrogen-bond acceptors (Lipinski definition) is 5. The van der Waals surface area contributed by atoms with Crippen molar-refractivity contribution in [3.63, 3.8) is 0 Å². The number of nitrogens with zero attached hydrogens (tertiary/aromatic N) is 3. The van der Waals surface area contributed by atoms with Gasteiger partial charge in [-0.2, -0.15) is 0 Å². The second kappa shape index (κ2) is 12.1. The van der Waals surface area contributed by atoms with E-state index in [1.807, 2.05) is 20.8 Å². The van der Waals surface area contributed by atoms with Gasteiger partial charge in [-0.25, -0.2) is 19.6 Å². The van der Waals surface area contributed by atoms with Crippen molar-refractivity contribution in [3.05, 3.63) is 83.6 Å². The van der Waals surface area contributed by atoms with E-state index in [2.05, 4.69) is 75.9 Å². The number of aryl methyl sites for hydroxylation is 2.